The van der Waals surface area contributed by atoms with Gasteiger partial charge in [-0.05, 0) is 24.0 Å². The van der Waals surface area contributed by atoms with Crippen LogP contribution in [-0.4, -0.2) is 46.2 Å². The zero-order valence-electron chi connectivity index (χ0n) is 13.8. The van der Waals surface area contributed by atoms with Crippen molar-refractivity contribution >= 4 is 30.5 Å². The van der Waals surface area contributed by atoms with Gasteiger partial charge in [-0.3, -0.25) is 15.0 Å². The maximum absolute atomic E-state index is 11.1. The molecule has 9 heteroatoms. The molecule has 24 heavy (non-hydrogen) atoms. The standard InChI is InChI=1S/C15H23N3O4.2ClH/c1-10(2)7-12(17-5-3-16-4-6-17)11-8-13(18(21)22)15(20)14(19)9-11;;/h8-10,12,16,19-20H,3-7H2,1-2H3;2*1H/t12-;;/m0../s1. The number of phenolic OH excluding ortho intramolecular Hbond substituents is 2. The number of halogens is 2. The summed E-state index contributed by atoms with van der Waals surface area (Å²) >= 11 is 0. The summed E-state index contributed by atoms with van der Waals surface area (Å²) in [7, 11) is 0. The van der Waals surface area contributed by atoms with Crippen LogP contribution in [0.3, 0.4) is 0 Å². The van der Waals surface area contributed by atoms with E-state index in [1.54, 1.807) is 0 Å². The number of aromatic hydroxyl groups is 2. The van der Waals surface area contributed by atoms with Crippen molar-refractivity contribution in [3.8, 4) is 11.5 Å². The van der Waals surface area contributed by atoms with Crippen LogP contribution < -0.4 is 5.32 Å². The summed E-state index contributed by atoms with van der Waals surface area (Å²) < 4.78 is 0. The highest BCUT2D eigenvalue weighted by atomic mass is 35.5. The number of benzene rings is 1. The fourth-order valence-corrected chi connectivity index (χ4v) is 2.89. The van der Waals surface area contributed by atoms with Crippen molar-refractivity contribution in [1.82, 2.24) is 10.2 Å². The fraction of sp³-hybridized carbons (Fsp3) is 0.600. The van der Waals surface area contributed by atoms with Gasteiger partial charge in [-0.25, -0.2) is 0 Å². The summed E-state index contributed by atoms with van der Waals surface area (Å²) in [5, 5.41) is 33.8. The lowest BCUT2D eigenvalue weighted by Crippen LogP contribution is -2.45. The average Bonchev–Trinajstić information content (AvgIpc) is 2.48. The lowest BCUT2D eigenvalue weighted by molar-refractivity contribution is -0.386. The molecule has 138 valence electrons. The number of nitro benzene ring substituents is 1. The largest absolute Gasteiger partial charge is 0.504 e. The Morgan fingerprint density at radius 2 is 1.83 bits per heavy atom. The van der Waals surface area contributed by atoms with Crippen molar-refractivity contribution in [2.24, 2.45) is 5.92 Å². The number of nitro groups is 1. The molecule has 1 atom stereocenters. The number of hydrogen-bond acceptors (Lipinski definition) is 6. The van der Waals surface area contributed by atoms with E-state index in [1.807, 2.05) is 0 Å². The third-order valence-electron chi connectivity index (χ3n) is 3.96. The molecule has 0 amide bonds. The monoisotopic (exact) mass is 381 g/mol. The van der Waals surface area contributed by atoms with Gasteiger partial charge in [0.25, 0.3) is 0 Å². The van der Waals surface area contributed by atoms with Crippen LogP contribution in [0.25, 0.3) is 0 Å². The van der Waals surface area contributed by atoms with Crippen molar-refractivity contribution in [2.45, 2.75) is 26.3 Å². The number of rotatable bonds is 5. The number of nitrogens with zero attached hydrogens (tertiary/aromatic N) is 2. The molecule has 0 unspecified atom stereocenters. The molecule has 0 saturated carbocycles. The van der Waals surface area contributed by atoms with Crippen LogP contribution in [0.4, 0.5) is 5.69 Å². The Morgan fingerprint density at radius 1 is 1.25 bits per heavy atom. The maximum Gasteiger partial charge on any atom is 0.314 e. The summed E-state index contributed by atoms with van der Waals surface area (Å²) in [6.07, 6.45) is 0.835. The minimum absolute atomic E-state index is 0. The molecule has 1 aromatic carbocycles. The molecule has 7 nitrogen and oxygen atoms in total. The van der Waals surface area contributed by atoms with Gasteiger partial charge in [-0.1, -0.05) is 13.8 Å². The number of piperazine rings is 1. The molecule has 1 aromatic rings. The van der Waals surface area contributed by atoms with E-state index >= 15 is 0 Å². The molecule has 0 spiro atoms. The van der Waals surface area contributed by atoms with Crippen molar-refractivity contribution in [3.05, 3.63) is 27.8 Å². The maximum atomic E-state index is 11.1. The van der Waals surface area contributed by atoms with E-state index < -0.39 is 22.1 Å². The molecule has 2 rings (SSSR count). The van der Waals surface area contributed by atoms with Crippen LogP contribution in [0.15, 0.2) is 12.1 Å². The second kappa shape index (κ2) is 9.88. The van der Waals surface area contributed by atoms with E-state index in [0.717, 1.165) is 32.6 Å². The summed E-state index contributed by atoms with van der Waals surface area (Å²) in [6, 6.07) is 2.81. The van der Waals surface area contributed by atoms with Gasteiger partial charge in [0.15, 0.2) is 5.75 Å². The van der Waals surface area contributed by atoms with Gasteiger partial charge in [0.2, 0.25) is 5.75 Å². The molecule has 0 bridgehead atoms. The summed E-state index contributed by atoms with van der Waals surface area (Å²) in [5.41, 5.74) is 0.233. The lowest BCUT2D eigenvalue weighted by Gasteiger charge is -2.36. The van der Waals surface area contributed by atoms with Gasteiger partial charge in [-0.2, -0.15) is 0 Å². The van der Waals surface area contributed by atoms with Crippen LogP contribution in [0, 0.1) is 16.0 Å². The molecule has 0 aliphatic carbocycles. The highest BCUT2D eigenvalue weighted by molar-refractivity contribution is 5.85. The average molecular weight is 382 g/mol. The molecule has 1 aliphatic heterocycles. The smallest absolute Gasteiger partial charge is 0.314 e. The predicted molar refractivity (Wildman–Crippen MR) is 97.6 cm³/mol. The highest BCUT2D eigenvalue weighted by Gasteiger charge is 2.27. The Hall–Kier alpha value is -1.28. The quantitative estimate of drug-likeness (QED) is 0.412. The lowest BCUT2D eigenvalue weighted by atomic mass is 9.94. The van der Waals surface area contributed by atoms with Crippen molar-refractivity contribution < 1.29 is 15.1 Å². The van der Waals surface area contributed by atoms with E-state index in [4.69, 9.17) is 0 Å². The number of phenols is 2. The van der Waals surface area contributed by atoms with Crippen LogP contribution in [-0.2, 0) is 0 Å². The minimum atomic E-state index is -0.669. The Labute approximate surface area is 154 Å². The van der Waals surface area contributed by atoms with E-state index in [0.29, 0.717) is 11.5 Å². The first-order valence-corrected chi connectivity index (χ1v) is 7.55. The Morgan fingerprint density at radius 3 is 2.33 bits per heavy atom. The van der Waals surface area contributed by atoms with Crippen LogP contribution in [0.1, 0.15) is 31.9 Å². The molecular weight excluding hydrogens is 357 g/mol. The SMILES string of the molecule is CC(C)C[C@@H](c1cc(O)c(O)c([N+](=O)[O-])c1)N1CCNCC1.Cl.Cl. The third kappa shape index (κ3) is 5.37. The van der Waals surface area contributed by atoms with Crippen LogP contribution in [0.2, 0.25) is 0 Å². The van der Waals surface area contributed by atoms with Gasteiger partial charge >= 0.3 is 5.69 Å². The highest BCUT2D eigenvalue weighted by Crippen LogP contribution is 2.40. The zero-order valence-corrected chi connectivity index (χ0v) is 15.4. The molecular formula is C15H25Cl2N3O4. The Balaban J connectivity index is 0.00000264. The normalized spacial score (nSPS) is 16.1. The molecule has 3 N–H and O–H groups in total. The zero-order chi connectivity index (χ0) is 16.3. The first-order chi connectivity index (χ1) is 10.4. The van der Waals surface area contributed by atoms with E-state index in [9.17, 15) is 20.3 Å². The molecule has 1 aliphatic rings. The summed E-state index contributed by atoms with van der Waals surface area (Å²) in [5.74, 6) is -0.694. The van der Waals surface area contributed by atoms with E-state index in [2.05, 4.69) is 24.1 Å². The second-order valence-electron chi connectivity index (χ2n) is 6.10. The van der Waals surface area contributed by atoms with Gasteiger partial charge < -0.3 is 15.5 Å². The Bertz CT molecular complexity index is 552. The van der Waals surface area contributed by atoms with Gasteiger partial charge in [0, 0.05) is 38.3 Å². The fourth-order valence-electron chi connectivity index (χ4n) is 2.89. The molecule has 1 fully saturated rings. The topological polar surface area (TPSA) is 98.9 Å². The van der Waals surface area contributed by atoms with Crippen molar-refractivity contribution in [1.29, 1.82) is 0 Å². The van der Waals surface area contributed by atoms with Gasteiger partial charge in [-0.15, -0.1) is 24.8 Å². The summed E-state index contributed by atoms with van der Waals surface area (Å²) in [6.45, 7) is 7.66. The third-order valence-corrected chi connectivity index (χ3v) is 3.96. The van der Waals surface area contributed by atoms with Crippen LogP contribution >= 0.6 is 24.8 Å². The number of hydrogen-bond donors (Lipinski definition) is 3. The molecule has 1 heterocycles. The van der Waals surface area contributed by atoms with E-state index in [-0.39, 0.29) is 30.9 Å². The number of nitrogens with one attached hydrogen (secondary N) is 1. The second-order valence-corrected chi connectivity index (χ2v) is 6.10. The Kier molecular flexibility index (Phi) is 9.35. The van der Waals surface area contributed by atoms with Gasteiger partial charge in [0.05, 0.1) is 4.92 Å². The first kappa shape index (κ1) is 22.7. The molecule has 0 radical (unpaired) electrons. The van der Waals surface area contributed by atoms with Crippen molar-refractivity contribution in [3.63, 3.8) is 0 Å². The predicted octanol–water partition coefficient (Wildman–Crippen LogP) is 2.84. The minimum Gasteiger partial charge on any atom is -0.504 e. The first-order valence-electron chi connectivity index (χ1n) is 7.55. The van der Waals surface area contributed by atoms with Crippen LogP contribution in [0.5, 0.6) is 11.5 Å². The molecule has 0 aromatic heterocycles. The van der Waals surface area contributed by atoms with Crippen molar-refractivity contribution in [2.75, 3.05) is 26.2 Å². The van der Waals surface area contributed by atoms with E-state index in [1.165, 1.54) is 12.1 Å². The summed E-state index contributed by atoms with van der Waals surface area (Å²) in [4.78, 5) is 12.7. The molecule has 1 saturated heterocycles. The van der Waals surface area contributed by atoms with Gasteiger partial charge in [0.1, 0.15) is 0 Å².